The first kappa shape index (κ1) is 17.0. The van der Waals surface area contributed by atoms with Gasteiger partial charge in [-0.05, 0) is 36.8 Å². The molecule has 0 aliphatic rings. The van der Waals surface area contributed by atoms with Crippen LogP contribution in [0.15, 0.2) is 54.6 Å². The fraction of sp³-hybridized carbons (Fsp3) is 0.222. The van der Waals surface area contributed by atoms with Crippen LogP contribution < -0.4 is 10.6 Å². The van der Waals surface area contributed by atoms with Crippen molar-refractivity contribution in [1.29, 1.82) is 0 Å². The summed E-state index contributed by atoms with van der Waals surface area (Å²) in [5.41, 5.74) is 1.57. The van der Waals surface area contributed by atoms with Gasteiger partial charge in [0.2, 0.25) is 5.91 Å². The highest BCUT2D eigenvalue weighted by atomic mass is 35.5. The van der Waals surface area contributed by atoms with Crippen LogP contribution in [0.5, 0.6) is 0 Å². The summed E-state index contributed by atoms with van der Waals surface area (Å²) >= 11 is 5.78. The van der Waals surface area contributed by atoms with E-state index in [1.807, 2.05) is 37.3 Å². The van der Waals surface area contributed by atoms with Crippen molar-refractivity contribution >= 4 is 23.4 Å². The molecule has 0 saturated heterocycles. The van der Waals surface area contributed by atoms with Crippen molar-refractivity contribution in [3.05, 3.63) is 70.7 Å². The molecule has 2 N–H and O–H groups in total. The molecule has 0 aliphatic carbocycles. The molecular weight excluding hydrogens is 312 g/mol. The lowest BCUT2D eigenvalue weighted by molar-refractivity contribution is -0.121. The van der Waals surface area contributed by atoms with Crippen molar-refractivity contribution in [3.8, 4) is 0 Å². The number of nitrogens with one attached hydrogen (secondary N) is 2. The number of rotatable bonds is 6. The quantitative estimate of drug-likeness (QED) is 0.853. The molecule has 2 aromatic carbocycles. The molecule has 2 amide bonds. The predicted molar refractivity (Wildman–Crippen MR) is 91.4 cm³/mol. The van der Waals surface area contributed by atoms with Crippen molar-refractivity contribution in [3.63, 3.8) is 0 Å². The molecule has 0 radical (unpaired) electrons. The molecule has 1 atom stereocenters. The Morgan fingerprint density at radius 2 is 1.70 bits per heavy atom. The smallest absolute Gasteiger partial charge is 0.251 e. The van der Waals surface area contributed by atoms with Crippen molar-refractivity contribution < 1.29 is 9.59 Å². The molecule has 2 rings (SSSR count). The van der Waals surface area contributed by atoms with E-state index < -0.39 is 0 Å². The first-order valence-electron chi connectivity index (χ1n) is 7.44. The maximum atomic E-state index is 11.9. The van der Waals surface area contributed by atoms with Crippen molar-refractivity contribution in [1.82, 2.24) is 10.6 Å². The molecule has 0 spiro atoms. The van der Waals surface area contributed by atoms with Crippen molar-refractivity contribution in [2.24, 2.45) is 0 Å². The zero-order chi connectivity index (χ0) is 16.7. The third kappa shape index (κ3) is 5.42. The zero-order valence-corrected chi connectivity index (χ0v) is 13.6. The van der Waals surface area contributed by atoms with Gasteiger partial charge in [0.25, 0.3) is 5.91 Å². The van der Waals surface area contributed by atoms with Gasteiger partial charge >= 0.3 is 0 Å². The van der Waals surface area contributed by atoms with Gasteiger partial charge in [-0.25, -0.2) is 0 Å². The Hall–Kier alpha value is -2.33. The molecule has 2 aromatic rings. The molecule has 0 aliphatic heterocycles. The van der Waals surface area contributed by atoms with Crippen LogP contribution in [0.4, 0.5) is 0 Å². The lowest BCUT2D eigenvalue weighted by Gasteiger charge is -2.14. The highest BCUT2D eigenvalue weighted by Crippen LogP contribution is 2.11. The van der Waals surface area contributed by atoms with E-state index in [9.17, 15) is 9.59 Å². The molecule has 4 nitrogen and oxygen atoms in total. The predicted octanol–water partition coefficient (Wildman–Crippen LogP) is 3.34. The van der Waals surface area contributed by atoms with Crippen LogP contribution in [0.25, 0.3) is 0 Å². The summed E-state index contributed by atoms with van der Waals surface area (Å²) in [5, 5.41) is 6.21. The summed E-state index contributed by atoms with van der Waals surface area (Å²) in [6.45, 7) is 2.22. The average Bonchev–Trinajstić information content (AvgIpc) is 2.56. The van der Waals surface area contributed by atoms with E-state index in [0.29, 0.717) is 10.6 Å². The second-order valence-electron chi connectivity index (χ2n) is 5.21. The number of hydrogen-bond donors (Lipinski definition) is 2. The highest BCUT2D eigenvalue weighted by Gasteiger charge is 2.10. The summed E-state index contributed by atoms with van der Waals surface area (Å²) in [6.07, 6.45) is 0.233. The summed E-state index contributed by atoms with van der Waals surface area (Å²) < 4.78 is 0. The second-order valence-corrected chi connectivity index (χ2v) is 5.65. The molecule has 23 heavy (non-hydrogen) atoms. The minimum Gasteiger partial charge on any atom is -0.352 e. The molecule has 0 aromatic heterocycles. The largest absolute Gasteiger partial charge is 0.352 e. The van der Waals surface area contributed by atoms with Crippen molar-refractivity contribution in [2.45, 2.75) is 19.4 Å². The number of halogens is 1. The minimum absolute atomic E-state index is 0.0596. The topological polar surface area (TPSA) is 58.2 Å². The van der Waals surface area contributed by atoms with Gasteiger partial charge in [-0.15, -0.1) is 0 Å². The van der Waals surface area contributed by atoms with Gasteiger partial charge in [-0.2, -0.15) is 0 Å². The number of carbonyl (C=O) groups excluding carboxylic acids is 2. The first-order chi connectivity index (χ1) is 11.1. The lowest BCUT2D eigenvalue weighted by Crippen LogP contribution is -2.32. The van der Waals surface area contributed by atoms with E-state index in [4.69, 9.17) is 11.6 Å². The molecular formula is C18H19ClN2O2. The minimum atomic E-state index is -0.217. The monoisotopic (exact) mass is 330 g/mol. The van der Waals surface area contributed by atoms with Crippen LogP contribution in [0.3, 0.4) is 0 Å². The standard InChI is InChI=1S/C18H19ClN2O2/c1-13(14-5-3-2-4-6-14)21-17(22)11-12-20-18(23)15-7-9-16(19)10-8-15/h2-10,13H,11-12H2,1H3,(H,20,23)(H,21,22). The Labute approximate surface area is 140 Å². The molecule has 1 unspecified atom stereocenters. The Morgan fingerprint density at radius 3 is 2.35 bits per heavy atom. The summed E-state index contributed by atoms with van der Waals surface area (Å²) in [7, 11) is 0. The Morgan fingerprint density at radius 1 is 1.04 bits per heavy atom. The maximum Gasteiger partial charge on any atom is 0.251 e. The Bertz CT molecular complexity index is 656. The van der Waals surface area contributed by atoms with Crippen LogP contribution in [0, 0.1) is 0 Å². The normalized spacial score (nSPS) is 11.6. The Balaban J connectivity index is 1.74. The second kappa shape index (κ2) is 8.34. The van der Waals surface area contributed by atoms with E-state index in [1.54, 1.807) is 24.3 Å². The average molecular weight is 331 g/mol. The van der Waals surface area contributed by atoms with E-state index >= 15 is 0 Å². The first-order valence-corrected chi connectivity index (χ1v) is 7.82. The summed E-state index contributed by atoms with van der Waals surface area (Å²) in [4.78, 5) is 23.8. The summed E-state index contributed by atoms with van der Waals surface area (Å²) in [6, 6.07) is 16.3. The molecule has 0 bridgehead atoms. The van der Waals surface area contributed by atoms with Gasteiger partial charge in [-0.1, -0.05) is 41.9 Å². The van der Waals surface area contributed by atoms with E-state index in [-0.39, 0.29) is 30.8 Å². The molecule has 0 saturated carbocycles. The number of benzene rings is 2. The van der Waals surface area contributed by atoms with Crippen LogP contribution in [0.1, 0.15) is 35.3 Å². The number of carbonyl (C=O) groups is 2. The van der Waals surface area contributed by atoms with Crippen LogP contribution in [-0.4, -0.2) is 18.4 Å². The Kier molecular flexibility index (Phi) is 6.18. The number of amides is 2. The van der Waals surface area contributed by atoms with Gasteiger partial charge < -0.3 is 10.6 Å². The van der Waals surface area contributed by atoms with Gasteiger partial charge in [0.15, 0.2) is 0 Å². The third-order valence-electron chi connectivity index (χ3n) is 3.42. The van der Waals surface area contributed by atoms with Gasteiger partial charge in [0.1, 0.15) is 0 Å². The van der Waals surface area contributed by atoms with Crippen LogP contribution in [0.2, 0.25) is 5.02 Å². The van der Waals surface area contributed by atoms with E-state index in [1.165, 1.54) is 0 Å². The lowest BCUT2D eigenvalue weighted by atomic mass is 10.1. The van der Waals surface area contributed by atoms with Gasteiger partial charge in [0.05, 0.1) is 6.04 Å². The molecule has 0 fully saturated rings. The fourth-order valence-corrected chi connectivity index (χ4v) is 2.26. The molecule has 0 heterocycles. The fourth-order valence-electron chi connectivity index (χ4n) is 2.13. The summed E-state index contributed by atoms with van der Waals surface area (Å²) in [5.74, 6) is -0.316. The van der Waals surface area contributed by atoms with Crippen LogP contribution >= 0.6 is 11.6 Å². The van der Waals surface area contributed by atoms with Crippen molar-refractivity contribution in [2.75, 3.05) is 6.54 Å². The molecule has 5 heteroatoms. The SMILES string of the molecule is CC(NC(=O)CCNC(=O)c1ccc(Cl)cc1)c1ccccc1. The van der Waals surface area contributed by atoms with Gasteiger partial charge in [-0.3, -0.25) is 9.59 Å². The number of hydrogen-bond acceptors (Lipinski definition) is 2. The van der Waals surface area contributed by atoms with E-state index in [0.717, 1.165) is 5.56 Å². The maximum absolute atomic E-state index is 11.9. The zero-order valence-electron chi connectivity index (χ0n) is 12.9. The third-order valence-corrected chi connectivity index (χ3v) is 3.67. The molecule has 120 valence electrons. The van der Waals surface area contributed by atoms with E-state index in [2.05, 4.69) is 10.6 Å². The van der Waals surface area contributed by atoms with Crippen LogP contribution in [-0.2, 0) is 4.79 Å². The highest BCUT2D eigenvalue weighted by molar-refractivity contribution is 6.30. The van der Waals surface area contributed by atoms with Gasteiger partial charge in [0, 0.05) is 23.6 Å².